The molecule has 1 aliphatic carbocycles. The molecule has 4 heteroatoms. The van der Waals surface area contributed by atoms with Gasteiger partial charge in [0.25, 0.3) is 0 Å². The highest BCUT2D eigenvalue weighted by Gasteiger charge is 2.25. The number of ketones is 2. The minimum Gasteiger partial charge on any atom is -0.455 e. The summed E-state index contributed by atoms with van der Waals surface area (Å²) >= 11 is 0. The van der Waals surface area contributed by atoms with Crippen molar-refractivity contribution in [2.75, 3.05) is 0 Å². The van der Waals surface area contributed by atoms with Gasteiger partial charge in [-0.3, -0.25) is 9.59 Å². The van der Waals surface area contributed by atoms with E-state index in [9.17, 15) is 14.4 Å². The fourth-order valence-electron chi connectivity index (χ4n) is 2.26. The average molecular weight is 288 g/mol. The first kappa shape index (κ1) is 15.4. The van der Waals surface area contributed by atoms with Gasteiger partial charge in [-0.05, 0) is 24.8 Å². The molecule has 1 aliphatic rings. The maximum absolute atomic E-state index is 11.7. The number of carbonyl (C=O) groups excluding carboxylic acids is 3. The van der Waals surface area contributed by atoms with Crippen molar-refractivity contribution < 1.29 is 19.1 Å². The Labute approximate surface area is 124 Å². The standard InChI is InChI=1S/C17H20O4/c18-15(14-8-4-9-14)10-5-11-16(19)17(20)21-12-13-6-2-1-3-7-13/h1-3,6-7,14H,4-5,8-12H2. The number of Topliss-reactive ketones (excluding diaryl/α,β-unsaturated/α-hetero) is 2. The zero-order valence-electron chi connectivity index (χ0n) is 12.0. The van der Waals surface area contributed by atoms with Crippen molar-refractivity contribution in [1.29, 1.82) is 0 Å². The van der Waals surface area contributed by atoms with E-state index in [-0.39, 0.29) is 24.7 Å². The molecule has 0 N–H and O–H groups in total. The third-order valence-electron chi connectivity index (χ3n) is 3.83. The lowest BCUT2D eigenvalue weighted by molar-refractivity contribution is -0.155. The van der Waals surface area contributed by atoms with Crippen molar-refractivity contribution in [1.82, 2.24) is 0 Å². The normalized spacial score (nSPS) is 14.3. The summed E-state index contributed by atoms with van der Waals surface area (Å²) in [5.74, 6) is -0.931. The van der Waals surface area contributed by atoms with Crippen molar-refractivity contribution in [3.8, 4) is 0 Å². The summed E-state index contributed by atoms with van der Waals surface area (Å²) < 4.78 is 4.95. The summed E-state index contributed by atoms with van der Waals surface area (Å²) in [7, 11) is 0. The molecule has 0 spiro atoms. The first-order chi connectivity index (χ1) is 10.2. The van der Waals surface area contributed by atoms with Gasteiger partial charge in [-0.25, -0.2) is 4.79 Å². The molecule has 1 aromatic rings. The van der Waals surface area contributed by atoms with E-state index >= 15 is 0 Å². The van der Waals surface area contributed by atoms with Crippen LogP contribution in [-0.4, -0.2) is 17.5 Å². The predicted octanol–water partition coefficient (Wildman–Crippen LogP) is 2.84. The zero-order chi connectivity index (χ0) is 15.1. The Morgan fingerprint density at radius 3 is 2.38 bits per heavy atom. The molecule has 4 nitrogen and oxygen atoms in total. The van der Waals surface area contributed by atoms with Gasteiger partial charge in [-0.1, -0.05) is 36.8 Å². The van der Waals surface area contributed by atoms with Crippen LogP contribution in [-0.2, 0) is 25.7 Å². The van der Waals surface area contributed by atoms with E-state index < -0.39 is 11.8 Å². The van der Waals surface area contributed by atoms with Crippen LogP contribution in [0.3, 0.4) is 0 Å². The summed E-state index contributed by atoms with van der Waals surface area (Å²) in [6.07, 6.45) is 4.00. The first-order valence-corrected chi connectivity index (χ1v) is 7.43. The van der Waals surface area contributed by atoms with E-state index in [1.807, 2.05) is 30.3 Å². The average Bonchev–Trinajstić information content (AvgIpc) is 2.43. The Bertz CT molecular complexity index is 503. The van der Waals surface area contributed by atoms with Crippen LogP contribution in [0.2, 0.25) is 0 Å². The van der Waals surface area contributed by atoms with Gasteiger partial charge in [0, 0.05) is 18.8 Å². The van der Waals surface area contributed by atoms with E-state index in [1.54, 1.807) is 0 Å². The Morgan fingerprint density at radius 1 is 1.05 bits per heavy atom. The molecule has 2 rings (SSSR count). The molecule has 0 bridgehead atoms. The number of hydrogen-bond acceptors (Lipinski definition) is 4. The summed E-state index contributed by atoms with van der Waals surface area (Å²) in [5, 5.41) is 0. The van der Waals surface area contributed by atoms with Crippen molar-refractivity contribution in [3.63, 3.8) is 0 Å². The van der Waals surface area contributed by atoms with Gasteiger partial charge in [0.05, 0.1) is 0 Å². The fourth-order valence-corrected chi connectivity index (χ4v) is 2.26. The van der Waals surface area contributed by atoms with Crippen LogP contribution in [0, 0.1) is 5.92 Å². The van der Waals surface area contributed by atoms with Crippen LogP contribution in [0.4, 0.5) is 0 Å². The number of ether oxygens (including phenoxy) is 1. The summed E-state index contributed by atoms with van der Waals surface area (Å²) in [6.45, 7) is 0.104. The maximum atomic E-state index is 11.7. The largest absolute Gasteiger partial charge is 0.455 e. The molecular weight excluding hydrogens is 268 g/mol. The molecule has 0 aliphatic heterocycles. The lowest BCUT2D eigenvalue weighted by atomic mass is 9.80. The Hall–Kier alpha value is -1.97. The number of rotatable bonds is 8. The Kier molecular flexibility index (Phi) is 5.67. The third-order valence-corrected chi connectivity index (χ3v) is 3.83. The maximum Gasteiger partial charge on any atom is 0.374 e. The smallest absolute Gasteiger partial charge is 0.374 e. The number of carbonyl (C=O) groups is 3. The highest BCUT2D eigenvalue weighted by molar-refractivity contribution is 6.33. The lowest BCUT2D eigenvalue weighted by Crippen LogP contribution is -2.22. The number of benzene rings is 1. The van der Waals surface area contributed by atoms with Gasteiger partial charge in [0.2, 0.25) is 5.78 Å². The summed E-state index contributed by atoms with van der Waals surface area (Å²) in [5.41, 5.74) is 0.846. The number of esters is 1. The van der Waals surface area contributed by atoms with Crippen molar-refractivity contribution in [3.05, 3.63) is 35.9 Å². The van der Waals surface area contributed by atoms with Crippen LogP contribution < -0.4 is 0 Å². The minimum absolute atomic E-state index is 0.0894. The van der Waals surface area contributed by atoms with Crippen LogP contribution in [0.1, 0.15) is 44.1 Å². The monoisotopic (exact) mass is 288 g/mol. The van der Waals surface area contributed by atoms with Gasteiger partial charge in [0.15, 0.2) is 0 Å². The Balaban J connectivity index is 1.63. The van der Waals surface area contributed by atoms with E-state index in [4.69, 9.17) is 4.74 Å². The molecule has 0 saturated heterocycles. The SMILES string of the molecule is O=C(CCCC(=O)C1CCC1)C(=O)OCc1ccccc1. The molecule has 1 saturated carbocycles. The van der Waals surface area contributed by atoms with Crippen LogP contribution >= 0.6 is 0 Å². The molecule has 1 fully saturated rings. The molecule has 0 aromatic heterocycles. The van der Waals surface area contributed by atoms with Crippen molar-refractivity contribution >= 4 is 17.5 Å². The minimum atomic E-state index is -0.810. The molecule has 21 heavy (non-hydrogen) atoms. The topological polar surface area (TPSA) is 60.4 Å². The van der Waals surface area contributed by atoms with Crippen LogP contribution in [0.15, 0.2) is 30.3 Å². The van der Waals surface area contributed by atoms with Gasteiger partial charge >= 0.3 is 5.97 Å². The molecule has 0 atom stereocenters. The van der Waals surface area contributed by atoms with E-state index in [2.05, 4.69) is 0 Å². The third kappa shape index (κ3) is 4.81. The van der Waals surface area contributed by atoms with E-state index in [0.717, 1.165) is 24.8 Å². The molecule has 112 valence electrons. The molecule has 0 unspecified atom stereocenters. The molecular formula is C17H20O4. The van der Waals surface area contributed by atoms with Crippen LogP contribution in [0.25, 0.3) is 0 Å². The quantitative estimate of drug-likeness (QED) is 0.545. The highest BCUT2D eigenvalue weighted by atomic mass is 16.5. The number of hydrogen-bond donors (Lipinski definition) is 0. The molecule has 0 radical (unpaired) electrons. The van der Waals surface area contributed by atoms with Crippen molar-refractivity contribution in [2.24, 2.45) is 5.92 Å². The van der Waals surface area contributed by atoms with E-state index in [0.29, 0.717) is 12.8 Å². The molecule has 1 aromatic carbocycles. The fraction of sp³-hybridized carbons (Fsp3) is 0.471. The second-order valence-electron chi connectivity index (χ2n) is 5.43. The summed E-state index contributed by atoms with van der Waals surface area (Å²) in [6, 6.07) is 9.22. The van der Waals surface area contributed by atoms with Crippen molar-refractivity contribution in [2.45, 2.75) is 45.1 Å². The molecule has 0 amide bonds. The second-order valence-corrected chi connectivity index (χ2v) is 5.43. The first-order valence-electron chi connectivity index (χ1n) is 7.43. The second kappa shape index (κ2) is 7.72. The van der Waals surface area contributed by atoms with Gasteiger partial charge in [-0.2, -0.15) is 0 Å². The van der Waals surface area contributed by atoms with Gasteiger partial charge in [0.1, 0.15) is 12.4 Å². The van der Waals surface area contributed by atoms with Gasteiger partial charge < -0.3 is 4.74 Å². The van der Waals surface area contributed by atoms with E-state index in [1.165, 1.54) is 0 Å². The molecule has 0 heterocycles. The lowest BCUT2D eigenvalue weighted by Gasteiger charge is -2.23. The summed E-state index contributed by atoms with van der Waals surface area (Å²) in [4.78, 5) is 34.8. The zero-order valence-corrected chi connectivity index (χ0v) is 12.0. The predicted molar refractivity (Wildman–Crippen MR) is 77.4 cm³/mol. The van der Waals surface area contributed by atoms with Crippen LogP contribution in [0.5, 0.6) is 0 Å². The Morgan fingerprint density at radius 2 is 1.76 bits per heavy atom. The van der Waals surface area contributed by atoms with Gasteiger partial charge in [-0.15, -0.1) is 0 Å². The highest BCUT2D eigenvalue weighted by Crippen LogP contribution is 2.28.